The molecule has 20 heavy (non-hydrogen) atoms. The van der Waals surface area contributed by atoms with E-state index in [1.807, 2.05) is 25.1 Å². The number of benzene rings is 2. The van der Waals surface area contributed by atoms with E-state index < -0.39 is 0 Å². The molecule has 0 fully saturated rings. The molecular weight excluding hydrogens is 268 g/mol. The highest BCUT2D eigenvalue weighted by atomic mass is 35.5. The second-order valence-electron chi connectivity index (χ2n) is 4.82. The predicted molar refractivity (Wildman–Crippen MR) is 88.2 cm³/mol. The molecule has 0 aliphatic heterocycles. The summed E-state index contributed by atoms with van der Waals surface area (Å²) in [6.07, 6.45) is 0. The Morgan fingerprint density at radius 2 is 1.60 bits per heavy atom. The van der Waals surface area contributed by atoms with Gasteiger partial charge in [0.2, 0.25) is 0 Å². The van der Waals surface area contributed by atoms with Gasteiger partial charge in [0.1, 0.15) is 0 Å². The van der Waals surface area contributed by atoms with Gasteiger partial charge in [-0.1, -0.05) is 35.9 Å². The molecule has 0 bridgehead atoms. The molecule has 3 rings (SSSR count). The number of nitrogens with zero attached hydrogens (tertiary/aromatic N) is 1. The van der Waals surface area contributed by atoms with Crippen molar-refractivity contribution in [3.8, 4) is 0 Å². The van der Waals surface area contributed by atoms with E-state index in [1.165, 1.54) is 5.56 Å². The Bertz CT molecular complexity index is 721. The molecule has 2 nitrogen and oxygen atoms in total. The van der Waals surface area contributed by atoms with Crippen LogP contribution in [0.1, 0.15) is 11.3 Å². The second kappa shape index (κ2) is 5.93. The highest BCUT2D eigenvalue weighted by Gasteiger charge is 2.03. The van der Waals surface area contributed by atoms with Crippen LogP contribution in [0.2, 0.25) is 0 Å². The largest absolute Gasteiger partial charge is 0.355 e. The molecule has 0 atom stereocenters. The lowest BCUT2D eigenvalue weighted by molar-refractivity contribution is 1.25. The number of nitrogens with one attached hydrogen (secondary N) is 1. The average molecular weight is 285 g/mol. The van der Waals surface area contributed by atoms with E-state index in [9.17, 15) is 0 Å². The minimum absolute atomic E-state index is 0. The molecule has 1 heterocycles. The van der Waals surface area contributed by atoms with Crippen molar-refractivity contribution in [1.82, 2.24) is 4.98 Å². The summed E-state index contributed by atoms with van der Waals surface area (Å²) in [6, 6.07) is 18.7. The molecule has 3 heteroatoms. The number of fused-ring (bicyclic) bond motifs is 1. The quantitative estimate of drug-likeness (QED) is 0.715. The van der Waals surface area contributed by atoms with E-state index in [1.54, 1.807) is 0 Å². The van der Waals surface area contributed by atoms with Gasteiger partial charge in [0.15, 0.2) is 0 Å². The first-order valence-electron chi connectivity index (χ1n) is 6.42. The average Bonchev–Trinajstić information content (AvgIpc) is 2.41. The van der Waals surface area contributed by atoms with Crippen LogP contribution >= 0.6 is 12.4 Å². The fourth-order valence-corrected chi connectivity index (χ4v) is 2.20. The maximum atomic E-state index is 4.55. The predicted octanol–water partition coefficient (Wildman–Crippen LogP) is 5.02. The van der Waals surface area contributed by atoms with Gasteiger partial charge >= 0.3 is 0 Å². The van der Waals surface area contributed by atoms with Crippen LogP contribution < -0.4 is 5.32 Å². The van der Waals surface area contributed by atoms with Crippen LogP contribution in [-0.4, -0.2) is 4.98 Å². The van der Waals surface area contributed by atoms with Crippen molar-refractivity contribution in [2.24, 2.45) is 0 Å². The van der Waals surface area contributed by atoms with Gasteiger partial charge in [-0.3, -0.25) is 4.98 Å². The molecule has 0 aliphatic carbocycles. The van der Waals surface area contributed by atoms with Crippen LogP contribution in [0, 0.1) is 13.8 Å². The summed E-state index contributed by atoms with van der Waals surface area (Å²) in [6.45, 7) is 4.11. The van der Waals surface area contributed by atoms with E-state index in [4.69, 9.17) is 0 Å². The lowest BCUT2D eigenvalue weighted by Gasteiger charge is -2.11. The first kappa shape index (κ1) is 14.4. The number of para-hydroxylation sites is 1. The van der Waals surface area contributed by atoms with Gasteiger partial charge in [0, 0.05) is 22.5 Å². The molecule has 0 spiro atoms. The second-order valence-corrected chi connectivity index (χ2v) is 4.82. The Morgan fingerprint density at radius 1 is 0.900 bits per heavy atom. The number of anilines is 2. The Balaban J connectivity index is 0.00000147. The summed E-state index contributed by atoms with van der Waals surface area (Å²) in [7, 11) is 0. The Kier molecular flexibility index (Phi) is 4.26. The smallest absolute Gasteiger partial charge is 0.0726 e. The van der Waals surface area contributed by atoms with Gasteiger partial charge in [0.25, 0.3) is 0 Å². The molecule has 102 valence electrons. The standard InChI is InChI=1S/C17H16N2.ClH/c1-12-7-9-14(10-8-12)19-17-11-13(2)18-16-6-4-3-5-15(16)17;/h3-11H,1-2H3,(H,18,19);1H. The monoisotopic (exact) mass is 284 g/mol. The van der Waals surface area contributed by atoms with Gasteiger partial charge in [-0.25, -0.2) is 0 Å². The molecule has 0 aliphatic rings. The van der Waals surface area contributed by atoms with Crippen LogP contribution in [0.25, 0.3) is 10.9 Å². The van der Waals surface area contributed by atoms with Crippen molar-refractivity contribution >= 4 is 34.7 Å². The Hall–Kier alpha value is -2.06. The highest BCUT2D eigenvalue weighted by molar-refractivity contribution is 5.93. The summed E-state index contributed by atoms with van der Waals surface area (Å²) in [5, 5.41) is 4.62. The summed E-state index contributed by atoms with van der Waals surface area (Å²) in [4.78, 5) is 4.55. The Labute approximate surface area is 125 Å². The van der Waals surface area contributed by atoms with Crippen molar-refractivity contribution in [3.05, 3.63) is 65.9 Å². The Morgan fingerprint density at radius 3 is 2.35 bits per heavy atom. The van der Waals surface area contributed by atoms with Crippen molar-refractivity contribution in [2.75, 3.05) is 5.32 Å². The maximum Gasteiger partial charge on any atom is 0.0726 e. The zero-order chi connectivity index (χ0) is 13.2. The van der Waals surface area contributed by atoms with Crippen LogP contribution in [0.3, 0.4) is 0 Å². The van der Waals surface area contributed by atoms with Crippen LogP contribution in [0.4, 0.5) is 11.4 Å². The fourth-order valence-electron chi connectivity index (χ4n) is 2.20. The van der Waals surface area contributed by atoms with E-state index in [-0.39, 0.29) is 12.4 Å². The molecule has 0 saturated heterocycles. The number of aromatic nitrogens is 1. The molecule has 0 unspecified atom stereocenters. The highest BCUT2D eigenvalue weighted by Crippen LogP contribution is 2.26. The van der Waals surface area contributed by atoms with Gasteiger partial charge in [0.05, 0.1) is 5.52 Å². The van der Waals surface area contributed by atoms with Crippen molar-refractivity contribution in [1.29, 1.82) is 0 Å². The first-order valence-corrected chi connectivity index (χ1v) is 6.42. The minimum atomic E-state index is 0. The number of rotatable bonds is 2. The van der Waals surface area contributed by atoms with Crippen molar-refractivity contribution in [2.45, 2.75) is 13.8 Å². The third kappa shape index (κ3) is 2.91. The third-order valence-electron chi connectivity index (χ3n) is 3.17. The van der Waals surface area contributed by atoms with E-state index in [2.05, 4.69) is 53.6 Å². The molecule has 3 aromatic rings. The summed E-state index contributed by atoms with van der Waals surface area (Å²) in [5.41, 5.74) is 5.51. The van der Waals surface area contributed by atoms with Crippen LogP contribution in [-0.2, 0) is 0 Å². The normalized spacial score (nSPS) is 10.1. The molecule has 0 amide bonds. The first-order chi connectivity index (χ1) is 9.22. The van der Waals surface area contributed by atoms with Gasteiger partial charge < -0.3 is 5.32 Å². The number of hydrogen-bond donors (Lipinski definition) is 1. The lowest BCUT2D eigenvalue weighted by atomic mass is 10.1. The number of hydrogen-bond acceptors (Lipinski definition) is 2. The fraction of sp³-hybridized carbons (Fsp3) is 0.118. The topological polar surface area (TPSA) is 24.9 Å². The molecule has 0 radical (unpaired) electrons. The number of aryl methyl sites for hydroxylation is 2. The zero-order valence-corrected chi connectivity index (χ0v) is 12.4. The SMILES string of the molecule is Cc1ccc(Nc2cc(C)nc3ccccc23)cc1.Cl. The summed E-state index contributed by atoms with van der Waals surface area (Å²) in [5.74, 6) is 0. The van der Waals surface area contributed by atoms with E-state index in [0.29, 0.717) is 0 Å². The van der Waals surface area contributed by atoms with Crippen molar-refractivity contribution < 1.29 is 0 Å². The maximum absolute atomic E-state index is 4.55. The van der Waals surface area contributed by atoms with E-state index >= 15 is 0 Å². The van der Waals surface area contributed by atoms with Gasteiger partial charge in [-0.15, -0.1) is 12.4 Å². The molecule has 0 saturated carbocycles. The summed E-state index contributed by atoms with van der Waals surface area (Å²) < 4.78 is 0. The zero-order valence-electron chi connectivity index (χ0n) is 11.6. The number of pyridine rings is 1. The van der Waals surface area contributed by atoms with Gasteiger partial charge in [-0.2, -0.15) is 0 Å². The molecule has 1 aromatic heterocycles. The van der Waals surface area contributed by atoms with Crippen LogP contribution in [0.5, 0.6) is 0 Å². The van der Waals surface area contributed by atoms with E-state index in [0.717, 1.165) is 28.0 Å². The molecule has 2 aromatic carbocycles. The third-order valence-corrected chi connectivity index (χ3v) is 3.17. The lowest BCUT2D eigenvalue weighted by Crippen LogP contribution is -1.94. The van der Waals surface area contributed by atoms with Crippen molar-refractivity contribution in [3.63, 3.8) is 0 Å². The summed E-state index contributed by atoms with van der Waals surface area (Å²) >= 11 is 0. The minimum Gasteiger partial charge on any atom is -0.355 e. The number of halogens is 1. The van der Waals surface area contributed by atoms with Gasteiger partial charge in [-0.05, 0) is 38.1 Å². The van der Waals surface area contributed by atoms with Crippen LogP contribution in [0.15, 0.2) is 54.6 Å². The molecular formula is C17H17ClN2. The molecule has 1 N–H and O–H groups in total.